The Morgan fingerprint density at radius 2 is 1.81 bits per heavy atom. The number of hydrogen-bond donors (Lipinski definition) is 0. The van der Waals surface area contributed by atoms with Crippen molar-refractivity contribution < 1.29 is 9.53 Å². The van der Waals surface area contributed by atoms with Crippen LogP contribution in [0.4, 0.5) is 0 Å². The number of nitrogens with zero attached hydrogens (tertiary/aromatic N) is 1. The van der Waals surface area contributed by atoms with Gasteiger partial charge in [-0.05, 0) is 17.7 Å². The molecule has 3 nitrogen and oxygen atoms in total. The molecule has 0 bridgehead atoms. The van der Waals surface area contributed by atoms with Crippen molar-refractivity contribution in [3.05, 3.63) is 76.3 Å². The summed E-state index contributed by atoms with van der Waals surface area (Å²) in [5.41, 5.74) is 1.42. The Kier molecular flexibility index (Phi) is 5.14. The minimum atomic E-state index is -0.665. The topological polar surface area (TPSA) is 50.1 Å². The third-order valence-corrected chi connectivity index (χ3v) is 3.14. The molecule has 0 saturated carbocycles. The number of nitriles is 1. The van der Waals surface area contributed by atoms with Gasteiger partial charge in [-0.25, -0.2) is 4.79 Å². The molecule has 0 aromatic heterocycles. The first kappa shape index (κ1) is 14.8. The van der Waals surface area contributed by atoms with E-state index in [9.17, 15) is 4.79 Å². The van der Waals surface area contributed by atoms with Gasteiger partial charge in [0.1, 0.15) is 18.2 Å². The van der Waals surface area contributed by atoms with Gasteiger partial charge in [-0.3, -0.25) is 0 Å². The minimum absolute atomic E-state index is 0.0340. The molecular weight excluding hydrogens is 286 g/mol. The summed E-state index contributed by atoms with van der Waals surface area (Å²) in [4.78, 5) is 11.9. The molecule has 21 heavy (non-hydrogen) atoms. The van der Waals surface area contributed by atoms with Gasteiger partial charge in [0.05, 0.1) is 0 Å². The Morgan fingerprint density at radius 1 is 1.14 bits per heavy atom. The Morgan fingerprint density at radius 3 is 2.48 bits per heavy atom. The summed E-state index contributed by atoms with van der Waals surface area (Å²) in [7, 11) is 0. The zero-order valence-corrected chi connectivity index (χ0v) is 11.9. The fourth-order valence-corrected chi connectivity index (χ4v) is 1.88. The van der Waals surface area contributed by atoms with Crippen molar-refractivity contribution in [3.8, 4) is 6.07 Å². The van der Waals surface area contributed by atoms with Gasteiger partial charge in [-0.1, -0.05) is 60.1 Å². The molecule has 0 N–H and O–H groups in total. The molecule has 2 aromatic carbocycles. The highest BCUT2D eigenvalue weighted by Gasteiger charge is 2.11. The largest absolute Gasteiger partial charge is 0.457 e. The molecular formula is C17H12ClNO2. The van der Waals surface area contributed by atoms with Crippen molar-refractivity contribution in [2.24, 2.45) is 0 Å². The van der Waals surface area contributed by atoms with Crippen LogP contribution in [0.25, 0.3) is 6.08 Å². The number of benzene rings is 2. The van der Waals surface area contributed by atoms with Gasteiger partial charge in [-0.2, -0.15) is 5.26 Å². The number of halogens is 1. The molecule has 0 amide bonds. The van der Waals surface area contributed by atoms with Crippen LogP contribution in [0.15, 0.2) is 60.2 Å². The van der Waals surface area contributed by atoms with Crippen molar-refractivity contribution in [1.29, 1.82) is 5.26 Å². The third kappa shape index (κ3) is 4.20. The van der Waals surface area contributed by atoms with Crippen molar-refractivity contribution in [1.82, 2.24) is 0 Å². The monoisotopic (exact) mass is 297 g/mol. The van der Waals surface area contributed by atoms with E-state index < -0.39 is 5.97 Å². The maximum atomic E-state index is 11.9. The summed E-state index contributed by atoms with van der Waals surface area (Å²) in [5.74, 6) is -0.665. The molecule has 0 radical (unpaired) electrons. The molecule has 0 aliphatic rings. The molecule has 4 heteroatoms. The molecule has 2 rings (SSSR count). The average molecular weight is 298 g/mol. The van der Waals surface area contributed by atoms with Crippen LogP contribution in [0.1, 0.15) is 11.1 Å². The van der Waals surface area contributed by atoms with E-state index in [1.807, 2.05) is 24.3 Å². The standard InChI is InChI=1S/C17H12ClNO2/c18-16-9-5-4-8-14(16)12-21-17(20)15(11-19)10-13-6-2-1-3-7-13/h1-10H,12H2. The van der Waals surface area contributed by atoms with Crippen molar-refractivity contribution in [2.75, 3.05) is 0 Å². The van der Waals surface area contributed by atoms with Gasteiger partial charge >= 0.3 is 5.97 Å². The molecule has 0 atom stereocenters. The lowest BCUT2D eigenvalue weighted by molar-refractivity contribution is -0.139. The van der Waals surface area contributed by atoms with Gasteiger partial charge in [0.15, 0.2) is 0 Å². The van der Waals surface area contributed by atoms with Crippen LogP contribution in [0.3, 0.4) is 0 Å². The van der Waals surface area contributed by atoms with Crippen LogP contribution in [0.2, 0.25) is 5.02 Å². The molecule has 0 heterocycles. The van der Waals surface area contributed by atoms with Gasteiger partial charge in [-0.15, -0.1) is 0 Å². The fourth-order valence-electron chi connectivity index (χ4n) is 1.69. The Bertz CT molecular complexity index is 702. The Hall–Kier alpha value is -2.57. The average Bonchev–Trinajstić information content (AvgIpc) is 2.52. The zero-order valence-electron chi connectivity index (χ0n) is 11.1. The summed E-state index contributed by atoms with van der Waals surface area (Å²) in [6.07, 6.45) is 1.49. The van der Waals surface area contributed by atoms with Crippen LogP contribution < -0.4 is 0 Å². The number of ether oxygens (including phenoxy) is 1. The maximum absolute atomic E-state index is 11.9. The van der Waals surface area contributed by atoms with Gasteiger partial charge in [0.2, 0.25) is 0 Å². The van der Waals surface area contributed by atoms with Crippen LogP contribution in [-0.4, -0.2) is 5.97 Å². The van der Waals surface area contributed by atoms with E-state index in [0.717, 1.165) is 5.56 Å². The second-order valence-corrected chi connectivity index (χ2v) is 4.66. The summed E-state index contributed by atoms with van der Waals surface area (Å²) < 4.78 is 5.12. The quantitative estimate of drug-likeness (QED) is 0.487. The van der Waals surface area contributed by atoms with E-state index in [-0.39, 0.29) is 12.2 Å². The van der Waals surface area contributed by atoms with Crippen LogP contribution in [0, 0.1) is 11.3 Å². The second-order valence-electron chi connectivity index (χ2n) is 4.25. The highest BCUT2D eigenvalue weighted by molar-refractivity contribution is 6.31. The van der Waals surface area contributed by atoms with Crippen molar-refractivity contribution in [3.63, 3.8) is 0 Å². The molecule has 0 saturated heterocycles. The molecule has 2 aromatic rings. The van der Waals surface area contributed by atoms with Crippen molar-refractivity contribution in [2.45, 2.75) is 6.61 Å². The van der Waals surface area contributed by atoms with E-state index in [1.54, 1.807) is 36.4 Å². The smallest absolute Gasteiger partial charge is 0.349 e. The summed E-state index contributed by atoms with van der Waals surface area (Å²) in [6, 6.07) is 18.1. The Labute approximate surface area is 128 Å². The number of esters is 1. The normalized spacial score (nSPS) is 10.8. The first-order valence-electron chi connectivity index (χ1n) is 6.28. The van der Waals surface area contributed by atoms with E-state index in [4.69, 9.17) is 21.6 Å². The minimum Gasteiger partial charge on any atom is -0.457 e. The number of rotatable bonds is 4. The Balaban J connectivity index is 2.07. The fraction of sp³-hybridized carbons (Fsp3) is 0.0588. The van der Waals surface area contributed by atoms with Crippen molar-refractivity contribution >= 4 is 23.6 Å². The highest BCUT2D eigenvalue weighted by Crippen LogP contribution is 2.16. The molecule has 0 aliphatic heterocycles. The first-order chi connectivity index (χ1) is 10.2. The lowest BCUT2D eigenvalue weighted by Gasteiger charge is -2.05. The zero-order chi connectivity index (χ0) is 15.1. The SMILES string of the molecule is N#CC(=Cc1ccccc1)C(=O)OCc1ccccc1Cl. The summed E-state index contributed by atoms with van der Waals surface area (Å²) >= 11 is 5.98. The third-order valence-electron chi connectivity index (χ3n) is 2.77. The summed E-state index contributed by atoms with van der Waals surface area (Å²) in [6.45, 7) is 0.0340. The predicted octanol–water partition coefficient (Wildman–Crippen LogP) is 3.99. The molecule has 104 valence electrons. The molecule has 0 spiro atoms. The second kappa shape index (κ2) is 7.28. The molecule has 0 fully saturated rings. The maximum Gasteiger partial charge on any atom is 0.349 e. The molecule has 0 aliphatic carbocycles. The van der Waals surface area contributed by atoms with Gasteiger partial charge in [0.25, 0.3) is 0 Å². The highest BCUT2D eigenvalue weighted by atomic mass is 35.5. The van der Waals surface area contributed by atoms with E-state index in [2.05, 4.69) is 0 Å². The lowest BCUT2D eigenvalue weighted by atomic mass is 10.1. The van der Waals surface area contributed by atoms with Gasteiger partial charge < -0.3 is 4.74 Å². The molecule has 0 unspecified atom stereocenters. The van der Waals surface area contributed by atoms with Crippen LogP contribution >= 0.6 is 11.6 Å². The van der Waals surface area contributed by atoms with E-state index >= 15 is 0 Å². The number of hydrogen-bond acceptors (Lipinski definition) is 3. The van der Waals surface area contributed by atoms with Crippen LogP contribution in [0.5, 0.6) is 0 Å². The van der Waals surface area contributed by atoms with Crippen LogP contribution in [-0.2, 0) is 16.1 Å². The van der Waals surface area contributed by atoms with E-state index in [0.29, 0.717) is 10.6 Å². The number of carbonyl (C=O) groups is 1. The predicted molar refractivity (Wildman–Crippen MR) is 81.3 cm³/mol. The van der Waals surface area contributed by atoms with Gasteiger partial charge in [0, 0.05) is 10.6 Å². The first-order valence-corrected chi connectivity index (χ1v) is 6.66. The lowest BCUT2D eigenvalue weighted by Crippen LogP contribution is -2.07. The number of carbonyl (C=O) groups excluding carboxylic acids is 1. The van der Waals surface area contributed by atoms with E-state index in [1.165, 1.54) is 6.08 Å². The summed E-state index contributed by atoms with van der Waals surface area (Å²) in [5, 5.41) is 9.59.